The van der Waals surface area contributed by atoms with Gasteiger partial charge in [0.05, 0.1) is 16.2 Å². The van der Waals surface area contributed by atoms with Gasteiger partial charge in [-0.15, -0.1) is 0 Å². The van der Waals surface area contributed by atoms with Crippen molar-refractivity contribution in [3.8, 4) is 0 Å². The maximum Gasteiger partial charge on any atom is 0.272 e. The summed E-state index contributed by atoms with van der Waals surface area (Å²) in [6.45, 7) is 0. The highest BCUT2D eigenvalue weighted by molar-refractivity contribution is 8.04. The van der Waals surface area contributed by atoms with E-state index in [1.807, 2.05) is 73.6 Å². The second-order valence-corrected chi connectivity index (χ2v) is 8.50. The summed E-state index contributed by atoms with van der Waals surface area (Å²) < 4.78 is 0. The molecule has 1 aliphatic heterocycles. The molecule has 6 heteroatoms. The van der Waals surface area contributed by atoms with Crippen molar-refractivity contribution in [2.45, 2.75) is 4.90 Å². The van der Waals surface area contributed by atoms with Gasteiger partial charge in [-0.05, 0) is 54.1 Å². The van der Waals surface area contributed by atoms with E-state index in [0.29, 0.717) is 21.2 Å². The van der Waals surface area contributed by atoms with E-state index in [1.54, 1.807) is 24.3 Å². The molecule has 1 heterocycles. The lowest BCUT2D eigenvalue weighted by Gasteiger charge is -2.17. The number of imide groups is 1. The highest BCUT2D eigenvalue weighted by Crippen LogP contribution is 2.41. The Labute approximate surface area is 184 Å². The number of halogens is 1. The molecule has 0 fully saturated rings. The van der Waals surface area contributed by atoms with Gasteiger partial charge in [0.25, 0.3) is 11.8 Å². The van der Waals surface area contributed by atoms with Crippen LogP contribution in [0.25, 0.3) is 5.57 Å². The average Bonchev–Trinajstić information content (AvgIpc) is 3.00. The third-order valence-corrected chi connectivity index (χ3v) is 6.10. The van der Waals surface area contributed by atoms with Crippen molar-refractivity contribution < 1.29 is 9.59 Å². The Hall–Kier alpha value is -3.02. The monoisotopic (exact) mass is 434 g/mol. The third-order valence-electron chi connectivity index (χ3n) is 4.76. The average molecular weight is 435 g/mol. The molecule has 4 rings (SSSR count). The molecule has 0 aromatic heterocycles. The van der Waals surface area contributed by atoms with Gasteiger partial charge in [-0.1, -0.05) is 53.7 Å². The van der Waals surface area contributed by atoms with Gasteiger partial charge in [-0.25, -0.2) is 4.90 Å². The molecule has 0 unspecified atom stereocenters. The number of anilines is 2. The van der Waals surface area contributed by atoms with Gasteiger partial charge in [0.15, 0.2) is 0 Å². The second kappa shape index (κ2) is 8.38. The van der Waals surface area contributed by atoms with E-state index >= 15 is 0 Å². The van der Waals surface area contributed by atoms with Crippen LogP contribution < -0.4 is 9.80 Å². The van der Waals surface area contributed by atoms with E-state index in [2.05, 4.69) is 0 Å². The maximum absolute atomic E-state index is 13.4. The molecular formula is C24H19ClN2O2S. The van der Waals surface area contributed by atoms with E-state index in [0.717, 1.165) is 16.1 Å². The highest BCUT2D eigenvalue weighted by atomic mass is 35.5. The molecule has 1 aliphatic rings. The topological polar surface area (TPSA) is 40.6 Å². The molecule has 30 heavy (non-hydrogen) atoms. The lowest BCUT2D eigenvalue weighted by atomic mass is 10.1. The lowest BCUT2D eigenvalue weighted by molar-refractivity contribution is -0.119. The van der Waals surface area contributed by atoms with E-state index in [9.17, 15) is 9.59 Å². The van der Waals surface area contributed by atoms with Crippen molar-refractivity contribution in [1.82, 2.24) is 0 Å². The Balaban J connectivity index is 1.76. The third kappa shape index (κ3) is 3.86. The van der Waals surface area contributed by atoms with Crippen molar-refractivity contribution in [3.05, 3.63) is 94.4 Å². The Bertz CT molecular complexity index is 1120. The van der Waals surface area contributed by atoms with Crippen molar-refractivity contribution in [3.63, 3.8) is 0 Å². The second-order valence-electron chi connectivity index (χ2n) is 6.98. The number of nitrogens with zero attached hydrogens (tertiary/aromatic N) is 2. The number of amides is 2. The summed E-state index contributed by atoms with van der Waals surface area (Å²) in [6, 6.07) is 23.9. The summed E-state index contributed by atoms with van der Waals surface area (Å²) in [4.78, 5) is 31.2. The normalized spacial score (nSPS) is 13.9. The Morgan fingerprint density at radius 1 is 0.800 bits per heavy atom. The number of hydrogen-bond donors (Lipinski definition) is 0. The zero-order valence-corrected chi connectivity index (χ0v) is 18.1. The fourth-order valence-electron chi connectivity index (χ4n) is 3.22. The van der Waals surface area contributed by atoms with Crippen LogP contribution in [0.3, 0.4) is 0 Å². The van der Waals surface area contributed by atoms with Crippen LogP contribution in [-0.4, -0.2) is 25.9 Å². The molecule has 4 nitrogen and oxygen atoms in total. The van der Waals surface area contributed by atoms with Gasteiger partial charge in [0.1, 0.15) is 0 Å². The zero-order chi connectivity index (χ0) is 21.3. The minimum absolute atomic E-state index is 0.319. The van der Waals surface area contributed by atoms with E-state index in [4.69, 9.17) is 11.6 Å². The summed E-state index contributed by atoms with van der Waals surface area (Å²) in [5, 5.41) is 0.619. The van der Waals surface area contributed by atoms with E-state index < -0.39 is 0 Å². The molecule has 2 amide bonds. The van der Waals surface area contributed by atoms with Crippen LogP contribution in [0.4, 0.5) is 11.4 Å². The summed E-state index contributed by atoms with van der Waals surface area (Å²) in [6.07, 6.45) is 0. The first-order valence-corrected chi connectivity index (χ1v) is 10.5. The van der Waals surface area contributed by atoms with Gasteiger partial charge in [0.2, 0.25) is 0 Å². The van der Waals surface area contributed by atoms with Crippen LogP contribution in [0.2, 0.25) is 5.02 Å². The van der Waals surface area contributed by atoms with E-state index in [1.165, 1.54) is 16.7 Å². The number of thioether (sulfide) groups is 1. The first-order chi connectivity index (χ1) is 14.5. The first-order valence-electron chi connectivity index (χ1n) is 9.35. The smallest absolute Gasteiger partial charge is 0.272 e. The first kappa shape index (κ1) is 20.3. The zero-order valence-electron chi connectivity index (χ0n) is 16.5. The standard InChI is InChI=1S/C24H19ClN2O2S/c1-26(2)18-10-12-19(13-11-18)27-23(28)21(16-6-4-3-5-7-16)22(24(27)29)30-20-14-8-17(25)9-15-20/h3-15H,1-2H3. The predicted molar refractivity (Wildman–Crippen MR) is 124 cm³/mol. The minimum atomic E-state index is -0.323. The number of rotatable bonds is 5. The van der Waals surface area contributed by atoms with Crippen LogP contribution in [0.15, 0.2) is 88.7 Å². The molecule has 150 valence electrons. The van der Waals surface area contributed by atoms with Crippen LogP contribution >= 0.6 is 23.4 Å². The van der Waals surface area contributed by atoms with E-state index in [-0.39, 0.29) is 11.8 Å². The van der Waals surface area contributed by atoms with Gasteiger partial charge >= 0.3 is 0 Å². The molecule has 3 aromatic rings. The van der Waals surface area contributed by atoms with Gasteiger partial charge < -0.3 is 4.90 Å². The van der Waals surface area contributed by atoms with Crippen LogP contribution in [0, 0.1) is 0 Å². The van der Waals surface area contributed by atoms with Crippen LogP contribution in [0.5, 0.6) is 0 Å². The summed E-state index contributed by atoms with van der Waals surface area (Å²) in [7, 11) is 3.88. The highest BCUT2D eigenvalue weighted by Gasteiger charge is 2.40. The van der Waals surface area contributed by atoms with Crippen LogP contribution in [-0.2, 0) is 9.59 Å². The molecule has 0 aliphatic carbocycles. The maximum atomic E-state index is 13.4. The Kier molecular flexibility index (Phi) is 5.66. The van der Waals surface area contributed by atoms with Gasteiger partial charge in [-0.2, -0.15) is 0 Å². The Morgan fingerprint density at radius 2 is 1.43 bits per heavy atom. The van der Waals surface area contributed by atoms with Crippen molar-refractivity contribution in [2.24, 2.45) is 0 Å². The summed E-state index contributed by atoms with van der Waals surface area (Å²) in [5.41, 5.74) is 2.68. The number of carbonyl (C=O) groups is 2. The molecule has 3 aromatic carbocycles. The molecule has 0 saturated carbocycles. The van der Waals surface area contributed by atoms with Crippen molar-refractivity contribution in [1.29, 1.82) is 0 Å². The quantitative estimate of drug-likeness (QED) is 0.498. The fourth-order valence-corrected chi connectivity index (χ4v) is 4.34. The summed E-state index contributed by atoms with van der Waals surface area (Å²) >= 11 is 7.27. The molecule has 0 bridgehead atoms. The van der Waals surface area contributed by atoms with Gasteiger partial charge in [-0.3, -0.25) is 9.59 Å². The van der Waals surface area contributed by atoms with Crippen LogP contribution in [0.1, 0.15) is 5.56 Å². The fraction of sp³-hybridized carbons (Fsp3) is 0.0833. The molecule has 0 radical (unpaired) electrons. The number of benzene rings is 3. The predicted octanol–water partition coefficient (Wildman–Crippen LogP) is 5.48. The SMILES string of the molecule is CN(C)c1ccc(N2C(=O)C(Sc3ccc(Cl)cc3)=C(c3ccccc3)C2=O)cc1. The molecule has 0 N–H and O–H groups in total. The largest absolute Gasteiger partial charge is 0.378 e. The van der Waals surface area contributed by atoms with Crippen molar-refractivity contribution >= 4 is 52.1 Å². The molecule has 0 spiro atoms. The molecule has 0 saturated heterocycles. The Morgan fingerprint density at radius 3 is 2.03 bits per heavy atom. The number of carbonyl (C=O) groups excluding carboxylic acids is 2. The molecule has 0 atom stereocenters. The molecular weight excluding hydrogens is 416 g/mol. The minimum Gasteiger partial charge on any atom is -0.378 e. The number of hydrogen-bond acceptors (Lipinski definition) is 4. The lowest BCUT2D eigenvalue weighted by Crippen LogP contribution is -2.31. The van der Waals surface area contributed by atoms with Crippen molar-refractivity contribution in [2.75, 3.05) is 23.9 Å². The summed E-state index contributed by atoms with van der Waals surface area (Å²) in [5.74, 6) is -0.642. The van der Waals surface area contributed by atoms with Gasteiger partial charge in [0, 0.05) is 29.7 Å².